The highest BCUT2D eigenvalue weighted by molar-refractivity contribution is 9.10. The van der Waals surface area contributed by atoms with E-state index in [1.165, 1.54) is 13.2 Å². The maximum atomic E-state index is 12.2. The molecule has 0 radical (unpaired) electrons. The van der Waals surface area contributed by atoms with E-state index < -0.39 is 0 Å². The van der Waals surface area contributed by atoms with Crippen LogP contribution in [-0.4, -0.2) is 31.2 Å². The molecule has 2 aromatic rings. The minimum absolute atomic E-state index is 0.0300. The summed E-state index contributed by atoms with van der Waals surface area (Å²) < 4.78 is 12.9. The number of methoxy groups -OCH3 is 2. The molecule has 0 saturated carbocycles. The number of hydrogen-bond acceptors (Lipinski definition) is 4. The van der Waals surface area contributed by atoms with E-state index >= 15 is 0 Å². The number of nitrogens with zero attached hydrogens (tertiary/aromatic N) is 1. The number of hydrogen-bond donors (Lipinski definition) is 1. The summed E-state index contributed by atoms with van der Waals surface area (Å²) in [6.07, 6.45) is 3.34. The molecule has 0 aliphatic carbocycles. The van der Waals surface area contributed by atoms with E-state index in [2.05, 4.69) is 21.2 Å². The van der Waals surface area contributed by atoms with Crippen LogP contribution in [0.15, 0.2) is 45.8 Å². The number of rotatable bonds is 8. The van der Waals surface area contributed by atoms with Gasteiger partial charge in [0.05, 0.1) is 14.2 Å². The molecular formula is C18H21BrN2O4. The van der Waals surface area contributed by atoms with Gasteiger partial charge in [0.1, 0.15) is 0 Å². The molecule has 1 amide bonds. The summed E-state index contributed by atoms with van der Waals surface area (Å²) in [4.78, 5) is 23.9. The Hall–Kier alpha value is -2.28. The summed E-state index contributed by atoms with van der Waals surface area (Å²) in [7, 11) is 3.08. The van der Waals surface area contributed by atoms with E-state index in [0.29, 0.717) is 30.2 Å². The minimum Gasteiger partial charge on any atom is -0.493 e. The molecule has 25 heavy (non-hydrogen) atoms. The number of nitrogens with one attached hydrogen (secondary N) is 1. The van der Waals surface area contributed by atoms with Gasteiger partial charge in [-0.3, -0.25) is 9.59 Å². The molecule has 0 bridgehead atoms. The zero-order chi connectivity index (χ0) is 18.2. The average Bonchev–Trinajstić information content (AvgIpc) is 2.63. The molecule has 6 nitrogen and oxygen atoms in total. The Balaban J connectivity index is 1.81. The van der Waals surface area contributed by atoms with Gasteiger partial charge in [0, 0.05) is 35.4 Å². The highest BCUT2D eigenvalue weighted by atomic mass is 79.9. The number of halogens is 1. The van der Waals surface area contributed by atoms with E-state index in [4.69, 9.17) is 9.47 Å². The standard InChI is InChI=1S/C18H21BrN2O4/c1-24-15-7-5-13(11-16(15)25-2)18(23)20-9-3-4-10-21-12-14(19)6-8-17(21)22/h5-8,11-12H,3-4,9-10H2,1-2H3,(H,20,23). The SMILES string of the molecule is COc1ccc(C(=O)NCCCCn2cc(Br)ccc2=O)cc1OC. The van der Waals surface area contributed by atoms with E-state index in [0.717, 1.165) is 17.3 Å². The summed E-state index contributed by atoms with van der Waals surface area (Å²) in [5.41, 5.74) is 0.485. The molecule has 0 unspecified atom stereocenters. The Kier molecular flexibility index (Phi) is 7.06. The van der Waals surface area contributed by atoms with Crippen molar-refractivity contribution in [3.63, 3.8) is 0 Å². The summed E-state index contributed by atoms with van der Waals surface area (Å²) in [5.74, 6) is 0.934. The topological polar surface area (TPSA) is 69.6 Å². The van der Waals surface area contributed by atoms with Gasteiger partial charge in [0.15, 0.2) is 11.5 Å². The number of aryl methyl sites for hydroxylation is 1. The average molecular weight is 409 g/mol. The molecule has 0 aliphatic heterocycles. The Morgan fingerprint density at radius 3 is 2.60 bits per heavy atom. The Morgan fingerprint density at radius 1 is 1.12 bits per heavy atom. The second-order valence-electron chi connectivity index (χ2n) is 5.41. The first-order valence-electron chi connectivity index (χ1n) is 7.91. The van der Waals surface area contributed by atoms with E-state index in [-0.39, 0.29) is 11.5 Å². The van der Waals surface area contributed by atoms with Crippen molar-refractivity contribution in [1.29, 1.82) is 0 Å². The summed E-state index contributed by atoms with van der Waals surface area (Å²) in [5, 5.41) is 2.87. The predicted molar refractivity (Wildman–Crippen MR) is 99.5 cm³/mol. The molecule has 1 N–H and O–H groups in total. The third-order valence-corrected chi connectivity index (χ3v) is 4.17. The van der Waals surface area contributed by atoms with Crippen molar-refractivity contribution < 1.29 is 14.3 Å². The van der Waals surface area contributed by atoms with Crippen molar-refractivity contribution in [3.05, 3.63) is 56.9 Å². The Labute approximate surface area is 154 Å². The molecule has 134 valence electrons. The lowest BCUT2D eigenvalue weighted by Gasteiger charge is -2.10. The van der Waals surface area contributed by atoms with Gasteiger partial charge in [-0.05, 0) is 53.0 Å². The van der Waals surface area contributed by atoms with Crippen molar-refractivity contribution in [2.24, 2.45) is 0 Å². The summed E-state index contributed by atoms with van der Waals surface area (Å²) in [6, 6.07) is 8.30. The van der Waals surface area contributed by atoms with E-state index in [1.807, 2.05) is 0 Å². The smallest absolute Gasteiger partial charge is 0.251 e. The van der Waals surface area contributed by atoms with Gasteiger partial charge in [-0.15, -0.1) is 0 Å². The van der Waals surface area contributed by atoms with Crippen molar-refractivity contribution in [2.75, 3.05) is 20.8 Å². The van der Waals surface area contributed by atoms with Gasteiger partial charge in [0.2, 0.25) is 0 Å². The molecule has 0 saturated heterocycles. The maximum Gasteiger partial charge on any atom is 0.251 e. The van der Waals surface area contributed by atoms with Gasteiger partial charge in [-0.1, -0.05) is 0 Å². The molecule has 0 atom stereocenters. The van der Waals surface area contributed by atoms with Crippen LogP contribution in [0.2, 0.25) is 0 Å². The maximum absolute atomic E-state index is 12.2. The number of aromatic nitrogens is 1. The van der Waals surface area contributed by atoms with Crippen LogP contribution in [0.25, 0.3) is 0 Å². The fourth-order valence-corrected chi connectivity index (χ4v) is 2.74. The summed E-state index contributed by atoms with van der Waals surface area (Å²) >= 11 is 3.35. The van der Waals surface area contributed by atoms with Crippen LogP contribution in [-0.2, 0) is 6.54 Å². The fourth-order valence-electron chi connectivity index (χ4n) is 2.37. The number of amides is 1. The van der Waals surface area contributed by atoms with Crippen molar-refractivity contribution in [3.8, 4) is 11.5 Å². The molecular weight excluding hydrogens is 388 g/mol. The number of unbranched alkanes of at least 4 members (excludes halogenated alkanes) is 1. The predicted octanol–water partition coefficient (Wildman–Crippen LogP) is 2.84. The third-order valence-electron chi connectivity index (χ3n) is 3.70. The minimum atomic E-state index is -0.166. The van der Waals surface area contributed by atoms with Gasteiger partial charge >= 0.3 is 0 Å². The molecule has 1 aromatic heterocycles. The van der Waals surface area contributed by atoms with Crippen molar-refractivity contribution in [2.45, 2.75) is 19.4 Å². The molecule has 0 spiro atoms. The lowest BCUT2D eigenvalue weighted by Crippen LogP contribution is -2.25. The van der Waals surface area contributed by atoms with Gasteiger partial charge in [-0.2, -0.15) is 0 Å². The highest BCUT2D eigenvalue weighted by Crippen LogP contribution is 2.27. The third kappa shape index (κ3) is 5.35. The first-order chi connectivity index (χ1) is 12.0. The van der Waals surface area contributed by atoms with E-state index in [1.54, 1.807) is 42.1 Å². The summed E-state index contributed by atoms with van der Waals surface area (Å²) in [6.45, 7) is 1.15. The molecule has 0 aliphatic rings. The normalized spacial score (nSPS) is 10.4. The van der Waals surface area contributed by atoms with Gasteiger partial charge in [-0.25, -0.2) is 0 Å². The van der Waals surface area contributed by atoms with Crippen LogP contribution in [0.4, 0.5) is 0 Å². The van der Waals surface area contributed by atoms with Gasteiger partial charge in [0.25, 0.3) is 11.5 Å². The number of carbonyl (C=O) groups excluding carboxylic acids is 1. The quantitative estimate of drug-likeness (QED) is 0.681. The molecule has 1 heterocycles. The molecule has 7 heteroatoms. The monoisotopic (exact) mass is 408 g/mol. The number of pyridine rings is 1. The molecule has 1 aromatic carbocycles. The second-order valence-corrected chi connectivity index (χ2v) is 6.33. The zero-order valence-electron chi connectivity index (χ0n) is 14.3. The Morgan fingerprint density at radius 2 is 1.88 bits per heavy atom. The van der Waals surface area contributed by atoms with Crippen molar-refractivity contribution in [1.82, 2.24) is 9.88 Å². The Bertz CT molecular complexity index is 789. The van der Waals surface area contributed by atoms with Gasteiger partial charge < -0.3 is 19.4 Å². The largest absolute Gasteiger partial charge is 0.493 e. The molecule has 0 fully saturated rings. The molecule has 2 rings (SSSR count). The first-order valence-corrected chi connectivity index (χ1v) is 8.70. The highest BCUT2D eigenvalue weighted by Gasteiger charge is 2.10. The second kappa shape index (κ2) is 9.27. The number of carbonyl (C=O) groups is 1. The van der Waals surface area contributed by atoms with Crippen LogP contribution in [0.1, 0.15) is 23.2 Å². The first kappa shape index (κ1) is 19.1. The van der Waals surface area contributed by atoms with Crippen LogP contribution in [0.5, 0.6) is 11.5 Å². The lowest BCUT2D eigenvalue weighted by molar-refractivity contribution is 0.0952. The lowest BCUT2D eigenvalue weighted by atomic mass is 10.2. The van der Waals surface area contributed by atoms with Crippen LogP contribution < -0.4 is 20.3 Å². The number of ether oxygens (including phenoxy) is 2. The van der Waals surface area contributed by atoms with Crippen LogP contribution in [0.3, 0.4) is 0 Å². The van der Waals surface area contributed by atoms with Crippen molar-refractivity contribution >= 4 is 21.8 Å². The van der Waals surface area contributed by atoms with Crippen LogP contribution in [0, 0.1) is 0 Å². The van der Waals surface area contributed by atoms with E-state index in [9.17, 15) is 9.59 Å². The van der Waals surface area contributed by atoms with Crippen LogP contribution >= 0.6 is 15.9 Å². The number of benzene rings is 1. The zero-order valence-corrected chi connectivity index (χ0v) is 15.8. The fraction of sp³-hybridized carbons (Fsp3) is 0.333.